The molecule has 2 aromatic carbocycles. The van der Waals surface area contributed by atoms with Crippen molar-refractivity contribution in [1.29, 1.82) is 0 Å². The predicted molar refractivity (Wildman–Crippen MR) is 137 cm³/mol. The van der Waals surface area contributed by atoms with Gasteiger partial charge in [0.15, 0.2) is 11.5 Å². The highest BCUT2D eigenvalue weighted by atomic mass is 16.5. The maximum atomic E-state index is 13.8. The number of ether oxygens (including phenoxy) is 3. The van der Waals surface area contributed by atoms with Gasteiger partial charge in [0.1, 0.15) is 0 Å². The molecule has 1 atom stereocenters. The minimum atomic E-state index is -0.0406. The Labute approximate surface area is 204 Å². The number of carbonyl (C=O) groups is 1. The highest BCUT2D eigenvalue weighted by Gasteiger charge is 2.26. The Balaban J connectivity index is 1.87. The molecule has 0 saturated carbocycles. The van der Waals surface area contributed by atoms with Crippen molar-refractivity contribution in [2.45, 2.75) is 39.2 Å². The van der Waals surface area contributed by atoms with Crippen LogP contribution in [0.25, 0.3) is 6.08 Å². The van der Waals surface area contributed by atoms with E-state index in [9.17, 15) is 4.79 Å². The zero-order valence-corrected chi connectivity index (χ0v) is 21.2. The topological polar surface area (TPSA) is 51.2 Å². The lowest BCUT2D eigenvalue weighted by Crippen LogP contribution is -2.38. The van der Waals surface area contributed by atoms with Crippen LogP contribution in [0, 0.1) is 0 Å². The lowest BCUT2D eigenvalue weighted by Gasteiger charge is -2.28. The molecule has 0 N–H and O–H groups in total. The normalized spacial score (nSPS) is 16.4. The fourth-order valence-electron chi connectivity index (χ4n) is 4.76. The number of rotatable bonds is 11. The van der Waals surface area contributed by atoms with E-state index in [2.05, 4.69) is 37.0 Å². The molecule has 0 spiro atoms. The molecule has 1 aliphatic rings. The summed E-state index contributed by atoms with van der Waals surface area (Å²) in [5, 5.41) is 0. The van der Waals surface area contributed by atoms with Gasteiger partial charge >= 0.3 is 0 Å². The predicted octanol–water partition coefficient (Wildman–Crippen LogP) is 5.13. The Bertz CT molecular complexity index is 949. The third-order valence-corrected chi connectivity index (χ3v) is 6.49. The standard InChI is InChI=1S/C28H38N2O4/c1-6-29-15-10-13-24(29)14-16-30(20-21(2)17-22-11-8-7-9-12-22)28(31)23-18-25(32-3)27(34-5)26(19-23)33-4/h7-9,11-12,17-19,24H,6,10,13-16,20H2,1-5H3. The minimum absolute atomic E-state index is 0.0406. The molecule has 0 aliphatic carbocycles. The molecule has 1 saturated heterocycles. The molecule has 6 nitrogen and oxygen atoms in total. The molecular formula is C28H38N2O4. The van der Waals surface area contributed by atoms with Crippen molar-refractivity contribution in [1.82, 2.24) is 9.80 Å². The van der Waals surface area contributed by atoms with E-state index >= 15 is 0 Å². The number of hydrogen-bond acceptors (Lipinski definition) is 5. The van der Waals surface area contributed by atoms with E-state index in [4.69, 9.17) is 14.2 Å². The summed E-state index contributed by atoms with van der Waals surface area (Å²) in [7, 11) is 4.69. The van der Waals surface area contributed by atoms with Crippen LogP contribution in [0.2, 0.25) is 0 Å². The first-order valence-electron chi connectivity index (χ1n) is 12.1. The molecule has 1 heterocycles. The largest absolute Gasteiger partial charge is 0.493 e. The number of methoxy groups -OCH3 is 3. The molecule has 1 amide bonds. The van der Waals surface area contributed by atoms with E-state index < -0.39 is 0 Å². The second kappa shape index (κ2) is 12.5. The Kier molecular flexibility index (Phi) is 9.40. The second-order valence-corrected chi connectivity index (χ2v) is 8.76. The summed E-state index contributed by atoms with van der Waals surface area (Å²) < 4.78 is 16.4. The van der Waals surface area contributed by atoms with Gasteiger partial charge in [0.05, 0.1) is 21.3 Å². The fourth-order valence-corrected chi connectivity index (χ4v) is 4.76. The third-order valence-electron chi connectivity index (χ3n) is 6.49. The number of nitrogens with zero attached hydrogens (tertiary/aromatic N) is 2. The summed E-state index contributed by atoms with van der Waals surface area (Å²) >= 11 is 0. The van der Waals surface area contributed by atoms with Crippen LogP contribution in [0.15, 0.2) is 48.0 Å². The highest BCUT2D eigenvalue weighted by molar-refractivity contribution is 5.96. The van der Waals surface area contributed by atoms with E-state index in [0.717, 1.165) is 30.6 Å². The van der Waals surface area contributed by atoms with Gasteiger partial charge in [0, 0.05) is 24.7 Å². The average molecular weight is 467 g/mol. The van der Waals surface area contributed by atoms with Crippen molar-refractivity contribution in [2.24, 2.45) is 0 Å². The zero-order chi connectivity index (χ0) is 24.5. The Morgan fingerprint density at radius 3 is 2.35 bits per heavy atom. The molecule has 1 fully saturated rings. The summed E-state index contributed by atoms with van der Waals surface area (Å²) in [6.45, 7) is 7.74. The van der Waals surface area contributed by atoms with Gasteiger partial charge in [0.25, 0.3) is 5.91 Å². The number of hydrogen-bond donors (Lipinski definition) is 0. The fraction of sp³-hybridized carbons (Fsp3) is 0.464. The van der Waals surface area contributed by atoms with Crippen molar-refractivity contribution in [3.63, 3.8) is 0 Å². The number of amides is 1. The molecule has 3 rings (SSSR count). The number of likely N-dealkylation sites (tertiary alicyclic amines) is 1. The molecule has 0 bridgehead atoms. The Morgan fingerprint density at radius 1 is 1.09 bits per heavy atom. The SMILES string of the molecule is CCN1CCCC1CCN(CC(C)=Cc1ccccc1)C(=O)c1cc(OC)c(OC)c(OC)c1. The average Bonchev–Trinajstić information content (AvgIpc) is 3.33. The first-order valence-corrected chi connectivity index (χ1v) is 12.1. The third kappa shape index (κ3) is 6.32. The van der Waals surface area contributed by atoms with Gasteiger partial charge < -0.3 is 24.0 Å². The first kappa shape index (κ1) is 25.6. The maximum Gasteiger partial charge on any atom is 0.254 e. The van der Waals surface area contributed by atoms with Crippen LogP contribution in [0.1, 0.15) is 49.0 Å². The molecule has 34 heavy (non-hydrogen) atoms. The van der Waals surface area contributed by atoms with E-state index in [1.165, 1.54) is 12.8 Å². The molecular weight excluding hydrogens is 428 g/mol. The van der Waals surface area contributed by atoms with E-state index in [0.29, 0.717) is 41.9 Å². The summed E-state index contributed by atoms with van der Waals surface area (Å²) in [6.07, 6.45) is 5.52. The van der Waals surface area contributed by atoms with E-state index in [-0.39, 0.29) is 5.91 Å². The smallest absolute Gasteiger partial charge is 0.254 e. The van der Waals surface area contributed by atoms with Crippen LogP contribution < -0.4 is 14.2 Å². The van der Waals surface area contributed by atoms with Crippen LogP contribution in [0.3, 0.4) is 0 Å². The van der Waals surface area contributed by atoms with Crippen molar-refractivity contribution in [3.05, 3.63) is 59.2 Å². The van der Waals surface area contributed by atoms with Crippen LogP contribution in [0.5, 0.6) is 17.2 Å². The van der Waals surface area contributed by atoms with E-state index in [1.807, 2.05) is 23.1 Å². The lowest BCUT2D eigenvalue weighted by molar-refractivity contribution is 0.0755. The van der Waals surface area contributed by atoms with Crippen molar-refractivity contribution < 1.29 is 19.0 Å². The maximum absolute atomic E-state index is 13.8. The Hall–Kier alpha value is -2.99. The van der Waals surface area contributed by atoms with Crippen LogP contribution in [-0.2, 0) is 0 Å². The highest BCUT2D eigenvalue weighted by Crippen LogP contribution is 2.38. The van der Waals surface area contributed by atoms with Crippen molar-refractivity contribution >= 4 is 12.0 Å². The zero-order valence-electron chi connectivity index (χ0n) is 21.2. The quantitative estimate of drug-likeness (QED) is 0.459. The first-order chi connectivity index (χ1) is 16.5. The molecule has 184 valence electrons. The van der Waals surface area contributed by atoms with Crippen molar-refractivity contribution in [3.8, 4) is 17.2 Å². The molecule has 1 unspecified atom stereocenters. The Morgan fingerprint density at radius 2 is 1.76 bits per heavy atom. The number of benzene rings is 2. The molecule has 2 aromatic rings. The van der Waals surface area contributed by atoms with Gasteiger partial charge in [-0.15, -0.1) is 0 Å². The van der Waals surface area contributed by atoms with Gasteiger partial charge in [-0.3, -0.25) is 4.79 Å². The van der Waals surface area contributed by atoms with E-state index in [1.54, 1.807) is 33.5 Å². The minimum Gasteiger partial charge on any atom is -0.493 e. The molecule has 1 aliphatic heterocycles. The monoisotopic (exact) mass is 466 g/mol. The van der Waals surface area contributed by atoms with Gasteiger partial charge in [0.2, 0.25) is 5.75 Å². The summed E-state index contributed by atoms with van der Waals surface area (Å²) in [5.41, 5.74) is 2.79. The molecule has 0 aromatic heterocycles. The van der Waals surface area contributed by atoms with Gasteiger partial charge in [-0.05, 0) is 57.0 Å². The van der Waals surface area contributed by atoms with Gasteiger partial charge in [-0.1, -0.05) is 48.9 Å². The van der Waals surface area contributed by atoms with Crippen molar-refractivity contribution in [2.75, 3.05) is 47.5 Å². The van der Waals surface area contributed by atoms with Crippen LogP contribution in [0.4, 0.5) is 0 Å². The lowest BCUT2D eigenvalue weighted by atomic mass is 10.1. The summed E-state index contributed by atoms with van der Waals surface area (Å²) in [5.74, 6) is 1.41. The summed E-state index contributed by atoms with van der Waals surface area (Å²) in [4.78, 5) is 18.2. The summed E-state index contributed by atoms with van der Waals surface area (Å²) in [6, 6.07) is 14.2. The molecule has 0 radical (unpaired) electrons. The van der Waals surface area contributed by atoms with Gasteiger partial charge in [-0.2, -0.15) is 0 Å². The second-order valence-electron chi connectivity index (χ2n) is 8.76. The van der Waals surface area contributed by atoms with Crippen LogP contribution >= 0.6 is 0 Å². The molecule has 6 heteroatoms. The van der Waals surface area contributed by atoms with Crippen LogP contribution in [-0.4, -0.2) is 69.3 Å². The van der Waals surface area contributed by atoms with Gasteiger partial charge in [-0.25, -0.2) is 0 Å². The number of carbonyl (C=O) groups excluding carboxylic acids is 1.